The SMILES string of the molecule is CCCCCCCCCCCCn1c(SCCCCCCCC)nc2c1c(=O)[nH]c(=O)n2C. The minimum absolute atomic E-state index is 0.320. The first kappa shape index (κ1) is 27.7. The third kappa shape index (κ3) is 9.34. The molecule has 0 saturated heterocycles. The van der Waals surface area contributed by atoms with Crippen molar-refractivity contribution in [3.8, 4) is 0 Å². The quantitative estimate of drug-likeness (QED) is 0.178. The predicted octanol–water partition coefficient (Wildman–Crippen LogP) is 6.80. The Morgan fingerprint density at radius 1 is 0.758 bits per heavy atom. The molecule has 2 aromatic rings. The van der Waals surface area contributed by atoms with E-state index in [1.165, 1.54) is 94.5 Å². The van der Waals surface area contributed by atoms with Gasteiger partial charge in [0.2, 0.25) is 0 Å². The Morgan fingerprint density at radius 3 is 1.85 bits per heavy atom. The molecule has 0 spiro atoms. The van der Waals surface area contributed by atoms with E-state index < -0.39 is 5.69 Å². The van der Waals surface area contributed by atoms with Crippen LogP contribution >= 0.6 is 11.8 Å². The summed E-state index contributed by atoms with van der Waals surface area (Å²) in [6, 6.07) is 0. The van der Waals surface area contributed by atoms with Crippen molar-refractivity contribution in [1.29, 1.82) is 0 Å². The lowest BCUT2D eigenvalue weighted by Gasteiger charge is -2.09. The molecule has 2 rings (SSSR count). The van der Waals surface area contributed by atoms with Crippen LogP contribution in [0, 0.1) is 0 Å². The van der Waals surface area contributed by atoms with Crippen LogP contribution in [0.15, 0.2) is 14.7 Å². The normalized spacial score (nSPS) is 11.6. The number of fused-ring (bicyclic) bond motifs is 1. The number of nitrogens with one attached hydrogen (secondary N) is 1. The van der Waals surface area contributed by atoms with E-state index in [-0.39, 0.29) is 5.56 Å². The number of unbranched alkanes of at least 4 members (excludes halogenated alkanes) is 14. The first-order valence-electron chi connectivity index (χ1n) is 13.4. The Balaban J connectivity index is 1.90. The van der Waals surface area contributed by atoms with Gasteiger partial charge in [-0.05, 0) is 12.8 Å². The molecule has 0 aliphatic heterocycles. The molecule has 0 atom stereocenters. The zero-order valence-electron chi connectivity index (χ0n) is 21.3. The lowest BCUT2D eigenvalue weighted by atomic mass is 10.1. The molecule has 0 saturated carbocycles. The second-order valence-electron chi connectivity index (χ2n) is 9.33. The van der Waals surface area contributed by atoms with Gasteiger partial charge < -0.3 is 4.57 Å². The van der Waals surface area contributed by atoms with Gasteiger partial charge in [-0.15, -0.1) is 0 Å². The van der Waals surface area contributed by atoms with Gasteiger partial charge in [0.15, 0.2) is 16.3 Å². The second-order valence-corrected chi connectivity index (χ2v) is 10.4. The number of imidazole rings is 1. The number of hydrogen-bond acceptors (Lipinski definition) is 4. The van der Waals surface area contributed by atoms with Crippen molar-refractivity contribution in [3.63, 3.8) is 0 Å². The van der Waals surface area contributed by atoms with Crippen molar-refractivity contribution in [3.05, 3.63) is 20.8 Å². The van der Waals surface area contributed by atoms with Crippen LogP contribution in [-0.2, 0) is 13.6 Å². The Kier molecular flexibility index (Phi) is 13.6. The van der Waals surface area contributed by atoms with E-state index in [2.05, 4.69) is 23.4 Å². The van der Waals surface area contributed by atoms with Crippen molar-refractivity contribution in [2.24, 2.45) is 7.05 Å². The highest BCUT2D eigenvalue weighted by Gasteiger charge is 2.17. The molecule has 0 fully saturated rings. The summed E-state index contributed by atoms with van der Waals surface area (Å²) in [5, 5.41) is 0.876. The molecule has 6 nitrogen and oxygen atoms in total. The molecule has 188 valence electrons. The Morgan fingerprint density at radius 2 is 1.27 bits per heavy atom. The van der Waals surface area contributed by atoms with E-state index in [1.54, 1.807) is 18.8 Å². The number of rotatable bonds is 19. The van der Waals surface area contributed by atoms with Crippen molar-refractivity contribution >= 4 is 22.9 Å². The number of nitrogens with zero attached hydrogens (tertiary/aromatic N) is 3. The smallest absolute Gasteiger partial charge is 0.313 e. The molecule has 0 unspecified atom stereocenters. The summed E-state index contributed by atoms with van der Waals surface area (Å²) in [5.41, 5.74) is 0.322. The molecule has 2 heterocycles. The molecule has 0 aromatic carbocycles. The van der Waals surface area contributed by atoms with E-state index in [0.717, 1.165) is 30.3 Å². The Labute approximate surface area is 204 Å². The minimum Gasteiger partial charge on any atom is -0.313 e. The van der Waals surface area contributed by atoms with E-state index in [4.69, 9.17) is 4.98 Å². The van der Waals surface area contributed by atoms with Gasteiger partial charge in [0.1, 0.15) is 0 Å². The number of aromatic nitrogens is 4. The standard InChI is InChI=1S/C26H46N4O2S/c1-4-6-8-10-12-13-14-15-16-18-20-30-22-23(29(3)25(32)28-24(22)31)27-26(30)33-21-19-17-11-9-7-5-2/h4-21H2,1-3H3,(H,28,31,32). The third-order valence-electron chi connectivity index (χ3n) is 6.44. The maximum atomic E-state index is 12.6. The first-order valence-corrected chi connectivity index (χ1v) is 14.4. The monoisotopic (exact) mass is 478 g/mol. The van der Waals surface area contributed by atoms with Crippen molar-refractivity contribution < 1.29 is 0 Å². The molecule has 2 aromatic heterocycles. The number of hydrogen-bond donors (Lipinski definition) is 1. The summed E-state index contributed by atoms with van der Waals surface area (Å²) in [5.74, 6) is 0.999. The van der Waals surface area contributed by atoms with Crippen molar-refractivity contribution in [2.75, 3.05) is 5.75 Å². The molecule has 1 N–H and O–H groups in total. The van der Waals surface area contributed by atoms with Gasteiger partial charge in [0, 0.05) is 19.3 Å². The topological polar surface area (TPSA) is 72.7 Å². The maximum Gasteiger partial charge on any atom is 0.329 e. The second kappa shape index (κ2) is 16.2. The highest BCUT2D eigenvalue weighted by Crippen LogP contribution is 2.24. The van der Waals surface area contributed by atoms with E-state index in [0.29, 0.717) is 11.2 Å². The number of thioether (sulfide) groups is 1. The van der Waals surface area contributed by atoms with Crippen molar-refractivity contribution in [1.82, 2.24) is 19.1 Å². The minimum atomic E-state index is -0.399. The third-order valence-corrected chi connectivity index (χ3v) is 7.50. The molecule has 0 amide bonds. The van der Waals surface area contributed by atoms with Gasteiger partial charge in [-0.25, -0.2) is 9.78 Å². The van der Waals surface area contributed by atoms with Gasteiger partial charge in [-0.2, -0.15) is 0 Å². The van der Waals surface area contributed by atoms with Crippen LogP contribution in [0.1, 0.15) is 117 Å². The summed E-state index contributed by atoms with van der Waals surface area (Å²) in [6.07, 6.45) is 20.4. The van der Waals surface area contributed by atoms with Gasteiger partial charge in [0.25, 0.3) is 5.56 Å². The van der Waals surface area contributed by atoms with Gasteiger partial charge >= 0.3 is 5.69 Å². The van der Waals surface area contributed by atoms with Crippen LogP contribution in [0.25, 0.3) is 11.2 Å². The van der Waals surface area contributed by atoms with Gasteiger partial charge in [-0.3, -0.25) is 14.3 Å². The molecule has 0 radical (unpaired) electrons. The van der Waals surface area contributed by atoms with E-state index >= 15 is 0 Å². The Hall–Kier alpha value is -1.50. The lowest BCUT2D eigenvalue weighted by molar-refractivity contribution is 0.526. The molecular weight excluding hydrogens is 432 g/mol. The molecule has 0 aliphatic rings. The molecule has 0 aliphatic carbocycles. The molecule has 33 heavy (non-hydrogen) atoms. The van der Waals surface area contributed by atoms with E-state index in [9.17, 15) is 9.59 Å². The lowest BCUT2D eigenvalue weighted by Crippen LogP contribution is -2.29. The summed E-state index contributed by atoms with van der Waals surface area (Å²) < 4.78 is 3.51. The van der Waals surface area contributed by atoms with Crippen LogP contribution in [-0.4, -0.2) is 24.9 Å². The van der Waals surface area contributed by atoms with Crippen LogP contribution in [0.4, 0.5) is 0 Å². The van der Waals surface area contributed by atoms with Gasteiger partial charge in [-0.1, -0.05) is 116 Å². The number of H-pyrrole nitrogens is 1. The van der Waals surface area contributed by atoms with Gasteiger partial charge in [0.05, 0.1) is 0 Å². The van der Waals surface area contributed by atoms with Crippen LogP contribution < -0.4 is 11.2 Å². The Bertz CT molecular complexity index is 915. The van der Waals surface area contributed by atoms with E-state index in [1.807, 2.05) is 0 Å². The molecule has 7 heteroatoms. The fourth-order valence-electron chi connectivity index (χ4n) is 4.34. The van der Waals surface area contributed by atoms with Crippen LogP contribution in [0.5, 0.6) is 0 Å². The molecular formula is C26H46N4O2S. The predicted molar refractivity (Wildman–Crippen MR) is 142 cm³/mol. The number of aromatic amines is 1. The van der Waals surface area contributed by atoms with Crippen LogP contribution in [0.2, 0.25) is 0 Å². The fraction of sp³-hybridized carbons (Fsp3) is 0.808. The molecule has 0 bridgehead atoms. The van der Waals surface area contributed by atoms with Crippen molar-refractivity contribution in [2.45, 2.75) is 128 Å². The zero-order chi connectivity index (χ0) is 23.9. The van der Waals surface area contributed by atoms with Crippen LogP contribution in [0.3, 0.4) is 0 Å². The first-order chi connectivity index (χ1) is 16.1. The largest absolute Gasteiger partial charge is 0.329 e. The fourth-order valence-corrected chi connectivity index (χ4v) is 5.36. The summed E-state index contributed by atoms with van der Waals surface area (Å²) in [7, 11) is 1.68. The summed E-state index contributed by atoms with van der Waals surface area (Å²) in [6.45, 7) is 5.28. The maximum absolute atomic E-state index is 12.6. The highest BCUT2D eigenvalue weighted by molar-refractivity contribution is 7.99. The zero-order valence-corrected chi connectivity index (χ0v) is 22.1. The average Bonchev–Trinajstić information content (AvgIpc) is 3.17. The average molecular weight is 479 g/mol. The summed E-state index contributed by atoms with van der Waals surface area (Å²) in [4.78, 5) is 31.8. The summed E-state index contributed by atoms with van der Waals surface area (Å²) >= 11 is 1.72. The highest BCUT2D eigenvalue weighted by atomic mass is 32.2. The number of aryl methyl sites for hydroxylation is 2.